The van der Waals surface area contributed by atoms with Crippen molar-refractivity contribution in [2.45, 2.75) is 18.8 Å². The molecular weight excluding hydrogens is 252 g/mol. The molecule has 3 heteroatoms. The first-order valence-corrected chi connectivity index (χ1v) is 6.86. The van der Waals surface area contributed by atoms with Crippen molar-refractivity contribution in [1.82, 2.24) is 0 Å². The number of thiophene rings is 1. The average molecular weight is 263 g/mol. The second-order valence-corrected chi connectivity index (χ2v) is 5.61. The molecule has 0 spiro atoms. The van der Waals surface area contributed by atoms with Crippen molar-refractivity contribution in [1.29, 1.82) is 0 Å². The molecule has 0 fully saturated rings. The number of aryl methyl sites for hydroxylation is 2. The SMILES string of the molecule is O=C(Cl)C1c2ccccc2CCc2sccc21. The van der Waals surface area contributed by atoms with Gasteiger partial charge in [0.2, 0.25) is 5.24 Å². The summed E-state index contributed by atoms with van der Waals surface area (Å²) in [5.41, 5.74) is 3.42. The van der Waals surface area contributed by atoms with Crippen LogP contribution in [0.25, 0.3) is 0 Å². The second kappa shape index (κ2) is 4.28. The molecule has 1 nitrogen and oxygen atoms in total. The third kappa shape index (κ3) is 1.81. The predicted octanol–water partition coefficient (Wildman–Crippen LogP) is 3.74. The molecule has 0 radical (unpaired) electrons. The van der Waals surface area contributed by atoms with Gasteiger partial charge >= 0.3 is 0 Å². The Morgan fingerprint density at radius 2 is 2.00 bits per heavy atom. The van der Waals surface area contributed by atoms with Crippen LogP contribution in [0.15, 0.2) is 35.7 Å². The van der Waals surface area contributed by atoms with Crippen molar-refractivity contribution < 1.29 is 4.79 Å². The molecule has 17 heavy (non-hydrogen) atoms. The van der Waals surface area contributed by atoms with Crippen LogP contribution >= 0.6 is 22.9 Å². The van der Waals surface area contributed by atoms with Crippen molar-refractivity contribution in [2.75, 3.05) is 0 Å². The minimum Gasteiger partial charge on any atom is -0.280 e. The second-order valence-electron chi connectivity index (χ2n) is 4.24. The molecule has 0 amide bonds. The van der Waals surface area contributed by atoms with Crippen LogP contribution in [0.1, 0.15) is 27.5 Å². The zero-order chi connectivity index (χ0) is 11.8. The molecule has 86 valence electrons. The number of benzene rings is 1. The summed E-state index contributed by atoms with van der Waals surface area (Å²) in [6, 6.07) is 10.1. The van der Waals surface area contributed by atoms with E-state index in [9.17, 15) is 4.79 Å². The number of fused-ring (bicyclic) bond motifs is 2. The maximum absolute atomic E-state index is 11.7. The highest BCUT2D eigenvalue weighted by Gasteiger charge is 2.28. The molecule has 0 saturated heterocycles. The molecule has 1 unspecified atom stereocenters. The van der Waals surface area contributed by atoms with Gasteiger partial charge in [-0.15, -0.1) is 11.3 Å². The fraction of sp³-hybridized carbons (Fsp3) is 0.214. The third-order valence-corrected chi connectivity index (χ3v) is 4.52. The molecule has 3 rings (SSSR count). The van der Waals surface area contributed by atoms with Gasteiger partial charge in [0.25, 0.3) is 0 Å². The van der Waals surface area contributed by atoms with E-state index in [-0.39, 0.29) is 11.2 Å². The van der Waals surface area contributed by atoms with Gasteiger partial charge in [-0.2, -0.15) is 0 Å². The van der Waals surface area contributed by atoms with E-state index < -0.39 is 0 Å². The standard InChI is InChI=1S/C14H11ClOS/c15-14(16)13-10-4-2-1-3-9(10)5-6-12-11(13)7-8-17-12/h1-4,7-8,13H,5-6H2. The summed E-state index contributed by atoms with van der Waals surface area (Å²) >= 11 is 7.53. The molecule has 0 saturated carbocycles. The molecule has 0 bridgehead atoms. The molecule has 0 N–H and O–H groups in total. The lowest BCUT2D eigenvalue weighted by atomic mass is 9.91. The summed E-state index contributed by atoms with van der Waals surface area (Å²) in [6.07, 6.45) is 2.00. The predicted molar refractivity (Wildman–Crippen MR) is 70.9 cm³/mol. The maximum Gasteiger partial charge on any atom is 0.233 e. The Kier molecular flexibility index (Phi) is 2.77. The highest BCUT2D eigenvalue weighted by Crippen LogP contribution is 2.37. The summed E-state index contributed by atoms with van der Waals surface area (Å²) in [7, 11) is 0. The summed E-state index contributed by atoms with van der Waals surface area (Å²) in [5, 5.41) is 1.77. The Balaban J connectivity index is 2.23. The van der Waals surface area contributed by atoms with Gasteiger partial charge < -0.3 is 0 Å². The van der Waals surface area contributed by atoms with Gasteiger partial charge in [0.1, 0.15) is 0 Å². The van der Waals surface area contributed by atoms with Gasteiger partial charge in [-0.25, -0.2) is 0 Å². The summed E-state index contributed by atoms with van der Waals surface area (Å²) in [5.74, 6) is -0.281. The molecule has 0 aliphatic heterocycles. The number of carbonyl (C=O) groups excluding carboxylic acids is 1. The molecule has 1 aromatic heterocycles. The lowest BCUT2D eigenvalue weighted by Crippen LogP contribution is -2.09. The van der Waals surface area contributed by atoms with E-state index in [0.717, 1.165) is 24.0 Å². The molecule has 1 atom stereocenters. The minimum atomic E-state index is -0.281. The highest BCUT2D eigenvalue weighted by atomic mass is 35.5. The fourth-order valence-electron chi connectivity index (χ4n) is 2.51. The van der Waals surface area contributed by atoms with Crippen LogP contribution < -0.4 is 0 Å². The van der Waals surface area contributed by atoms with E-state index in [1.54, 1.807) is 11.3 Å². The number of hydrogen-bond acceptors (Lipinski definition) is 2. The average Bonchev–Trinajstić information content (AvgIpc) is 2.70. The van der Waals surface area contributed by atoms with E-state index in [4.69, 9.17) is 11.6 Å². The van der Waals surface area contributed by atoms with Gasteiger partial charge in [0.15, 0.2) is 0 Å². The summed E-state index contributed by atoms with van der Waals surface area (Å²) in [4.78, 5) is 13.0. The van der Waals surface area contributed by atoms with Crippen LogP contribution in [-0.2, 0) is 17.6 Å². The normalized spacial score (nSPS) is 18.1. The Morgan fingerprint density at radius 1 is 1.18 bits per heavy atom. The zero-order valence-corrected chi connectivity index (χ0v) is 10.7. The van der Waals surface area contributed by atoms with Gasteiger partial charge in [-0.1, -0.05) is 24.3 Å². The Hall–Kier alpha value is -1.12. The number of halogens is 1. The van der Waals surface area contributed by atoms with Crippen LogP contribution in [-0.4, -0.2) is 5.24 Å². The van der Waals surface area contributed by atoms with Crippen molar-refractivity contribution in [3.8, 4) is 0 Å². The summed E-state index contributed by atoms with van der Waals surface area (Å²) in [6.45, 7) is 0. The van der Waals surface area contributed by atoms with Crippen LogP contribution in [0, 0.1) is 0 Å². The molecular formula is C14H11ClOS. The van der Waals surface area contributed by atoms with E-state index in [0.29, 0.717) is 0 Å². The van der Waals surface area contributed by atoms with Crippen molar-refractivity contribution >= 4 is 28.2 Å². The topological polar surface area (TPSA) is 17.1 Å². The lowest BCUT2D eigenvalue weighted by Gasteiger charge is -2.13. The molecule has 1 aliphatic carbocycles. The van der Waals surface area contributed by atoms with Gasteiger partial charge in [-0.05, 0) is 52.6 Å². The first kappa shape index (κ1) is 11.0. The largest absolute Gasteiger partial charge is 0.280 e. The van der Waals surface area contributed by atoms with Crippen LogP contribution in [0.2, 0.25) is 0 Å². The number of rotatable bonds is 1. The highest BCUT2D eigenvalue weighted by molar-refractivity contribution is 7.10. The zero-order valence-electron chi connectivity index (χ0n) is 9.15. The minimum absolute atomic E-state index is 0.279. The van der Waals surface area contributed by atoms with Crippen LogP contribution in [0.4, 0.5) is 0 Å². The quantitative estimate of drug-likeness (QED) is 0.716. The first-order chi connectivity index (χ1) is 8.27. The Morgan fingerprint density at radius 3 is 2.82 bits per heavy atom. The Bertz CT molecular complexity index is 573. The smallest absolute Gasteiger partial charge is 0.233 e. The molecule has 2 aromatic rings. The monoisotopic (exact) mass is 262 g/mol. The Labute approximate surface area is 109 Å². The molecule has 1 aromatic carbocycles. The molecule has 1 heterocycles. The van der Waals surface area contributed by atoms with Crippen molar-refractivity contribution in [3.05, 3.63) is 57.3 Å². The number of carbonyl (C=O) groups is 1. The van der Waals surface area contributed by atoms with E-state index in [2.05, 4.69) is 6.07 Å². The number of hydrogen-bond donors (Lipinski definition) is 0. The van der Waals surface area contributed by atoms with E-state index in [1.165, 1.54) is 10.4 Å². The van der Waals surface area contributed by atoms with Crippen molar-refractivity contribution in [3.63, 3.8) is 0 Å². The lowest BCUT2D eigenvalue weighted by molar-refractivity contribution is -0.112. The fourth-order valence-corrected chi connectivity index (χ4v) is 3.67. The molecule has 1 aliphatic rings. The van der Waals surface area contributed by atoms with Crippen LogP contribution in [0.5, 0.6) is 0 Å². The van der Waals surface area contributed by atoms with Crippen LogP contribution in [0.3, 0.4) is 0 Å². The van der Waals surface area contributed by atoms with E-state index >= 15 is 0 Å². The van der Waals surface area contributed by atoms with Gasteiger partial charge in [0.05, 0.1) is 5.92 Å². The van der Waals surface area contributed by atoms with Gasteiger partial charge in [-0.3, -0.25) is 4.79 Å². The third-order valence-electron chi connectivity index (χ3n) is 3.31. The van der Waals surface area contributed by atoms with E-state index in [1.807, 2.05) is 29.6 Å². The maximum atomic E-state index is 11.7. The summed E-state index contributed by atoms with van der Waals surface area (Å²) < 4.78 is 0. The first-order valence-electron chi connectivity index (χ1n) is 5.61. The van der Waals surface area contributed by atoms with Gasteiger partial charge in [0, 0.05) is 4.88 Å². The van der Waals surface area contributed by atoms with Crippen molar-refractivity contribution in [2.24, 2.45) is 0 Å².